The summed E-state index contributed by atoms with van der Waals surface area (Å²) in [4.78, 5) is 23.4. The number of aryl methyl sites for hydroxylation is 1. The number of thioether (sulfide) groups is 1. The van der Waals surface area contributed by atoms with Gasteiger partial charge in [0, 0.05) is 6.20 Å². The lowest BCUT2D eigenvalue weighted by atomic mass is 9.93. The molecule has 20 heavy (non-hydrogen) atoms. The van der Waals surface area contributed by atoms with Gasteiger partial charge in [0.25, 0.3) is 5.43 Å². The van der Waals surface area contributed by atoms with Gasteiger partial charge in [0.05, 0.1) is 5.56 Å². The van der Waals surface area contributed by atoms with Crippen molar-refractivity contribution in [3.8, 4) is 11.1 Å². The zero-order valence-corrected chi connectivity index (χ0v) is 12.7. The standard InChI is InChI=1S/C15H18N2O2S/c1-9-4-5-12(10(2)11(9)6-7-20-3)13-8-16-17-15(19)14(13)18/h4-5,8H,6-7H2,1-3H3,(H,16,18)(H,17,19). The van der Waals surface area contributed by atoms with Gasteiger partial charge in [-0.25, -0.2) is 0 Å². The lowest BCUT2D eigenvalue weighted by Gasteiger charge is -2.13. The second kappa shape index (κ2) is 6.13. The molecule has 106 valence electrons. The van der Waals surface area contributed by atoms with Gasteiger partial charge in [0.1, 0.15) is 0 Å². The van der Waals surface area contributed by atoms with Crippen molar-refractivity contribution in [1.82, 2.24) is 10.2 Å². The molecule has 0 fully saturated rings. The molecule has 4 nitrogen and oxygen atoms in total. The highest BCUT2D eigenvalue weighted by molar-refractivity contribution is 7.98. The first kappa shape index (κ1) is 14.7. The Bertz CT molecular complexity index is 731. The fourth-order valence-corrected chi connectivity index (χ4v) is 2.80. The zero-order chi connectivity index (χ0) is 14.7. The zero-order valence-electron chi connectivity index (χ0n) is 11.9. The van der Waals surface area contributed by atoms with Crippen LogP contribution in [0.1, 0.15) is 16.7 Å². The van der Waals surface area contributed by atoms with Crippen molar-refractivity contribution in [2.45, 2.75) is 20.3 Å². The van der Waals surface area contributed by atoms with Crippen LogP contribution in [0.4, 0.5) is 0 Å². The van der Waals surface area contributed by atoms with Crippen LogP contribution in [0.25, 0.3) is 11.1 Å². The molecule has 0 aliphatic rings. The molecule has 0 unspecified atom stereocenters. The molecule has 0 radical (unpaired) electrons. The Morgan fingerprint density at radius 3 is 2.60 bits per heavy atom. The van der Waals surface area contributed by atoms with Crippen LogP contribution >= 0.6 is 11.8 Å². The average Bonchev–Trinajstić information content (AvgIpc) is 2.43. The fraction of sp³-hybridized carbons (Fsp3) is 0.333. The van der Waals surface area contributed by atoms with Gasteiger partial charge in [0.15, 0.2) is 0 Å². The second-order valence-corrected chi connectivity index (χ2v) is 5.75. The molecule has 1 aromatic heterocycles. The summed E-state index contributed by atoms with van der Waals surface area (Å²) in [7, 11) is 0. The number of aromatic amines is 2. The third kappa shape index (κ3) is 2.72. The molecule has 1 aromatic carbocycles. The van der Waals surface area contributed by atoms with Crippen molar-refractivity contribution in [2.24, 2.45) is 0 Å². The molecule has 2 rings (SSSR count). The highest BCUT2D eigenvalue weighted by Gasteiger charge is 2.12. The lowest BCUT2D eigenvalue weighted by Crippen LogP contribution is -2.28. The van der Waals surface area contributed by atoms with Crippen molar-refractivity contribution in [3.05, 3.63) is 55.6 Å². The number of hydrogen-bond acceptors (Lipinski definition) is 3. The Morgan fingerprint density at radius 1 is 1.15 bits per heavy atom. The van der Waals surface area contributed by atoms with Crippen LogP contribution < -0.4 is 11.0 Å². The van der Waals surface area contributed by atoms with Gasteiger partial charge in [0.2, 0.25) is 0 Å². The first-order valence-corrected chi connectivity index (χ1v) is 7.84. The topological polar surface area (TPSA) is 65.7 Å². The Kier molecular flexibility index (Phi) is 4.49. The van der Waals surface area contributed by atoms with E-state index in [0.29, 0.717) is 5.56 Å². The van der Waals surface area contributed by atoms with Crippen molar-refractivity contribution in [1.29, 1.82) is 0 Å². The van der Waals surface area contributed by atoms with E-state index in [0.717, 1.165) is 23.3 Å². The normalized spacial score (nSPS) is 10.8. The van der Waals surface area contributed by atoms with E-state index in [1.807, 2.05) is 19.1 Å². The fourth-order valence-electron chi connectivity index (χ4n) is 2.39. The van der Waals surface area contributed by atoms with Gasteiger partial charge < -0.3 is 5.10 Å². The number of nitrogens with one attached hydrogen (secondary N) is 2. The highest BCUT2D eigenvalue weighted by atomic mass is 32.2. The van der Waals surface area contributed by atoms with Crippen LogP contribution in [0.5, 0.6) is 0 Å². The van der Waals surface area contributed by atoms with Crippen molar-refractivity contribution < 1.29 is 0 Å². The van der Waals surface area contributed by atoms with E-state index < -0.39 is 11.0 Å². The molecule has 0 aliphatic heterocycles. The first-order chi connectivity index (χ1) is 9.56. The van der Waals surface area contributed by atoms with Crippen LogP contribution in [0.15, 0.2) is 27.9 Å². The summed E-state index contributed by atoms with van der Waals surface area (Å²) >= 11 is 1.80. The van der Waals surface area contributed by atoms with Crippen LogP contribution in [0, 0.1) is 13.8 Å². The van der Waals surface area contributed by atoms with Gasteiger partial charge in [-0.05, 0) is 54.5 Å². The van der Waals surface area contributed by atoms with Crippen molar-refractivity contribution in [2.75, 3.05) is 12.0 Å². The summed E-state index contributed by atoms with van der Waals surface area (Å²) in [5.41, 5.74) is 3.71. The third-order valence-electron chi connectivity index (χ3n) is 3.53. The van der Waals surface area contributed by atoms with E-state index in [-0.39, 0.29) is 0 Å². The molecule has 0 saturated heterocycles. The van der Waals surface area contributed by atoms with Gasteiger partial charge in [-0.1, -0.05) is 12.1 Å². The molecule has 0 bridgehead atoms. The summed E-state index contributed by atoms with van der Waals surface area (Å²) in [5.74, 6) is 1.04. The molecule has 0 spiro atoms. The SMILES string of the molecule is CSCCc1c(C)ccc(-c2c[nH][nH]c(=O)c2=O)c1C. The quantitative estimate of drug-likeness (QED) is 0.849. The summed E-state index contributed by atoms with van der Waals surface area (Å²) < 4.78 is 0. The van der Waals surface area contributed by atoms with Gasteiger partial charge in [-0.15, -0.1) is 0 Å². The summed E-state index contributed by atoms with van der Waals surface area (Å²) in [5, 5.41) is 4.92. The van der Waals surface area contributed by atoms with Crippen LogP contribution in [0.3, 0.4) is 0 Å². The Balaban J connectivity index is 2.61. The maximum absolute atomic E-state index is 12.0. The smallest absolute Gasteiger partial charge is 0.305 e. The van der Waals surface area contributed by atoms with Crippen molar-refractivity contribution >= 4 is 11.8 Å². The van der Waals surface area contributed by atoms with E-state index in [1.54, 1.807) is 18.0 Å². The molecule has 0 atom stereocenters. The molecule has 1 heterocycles. The average molecular weight is 290 g/mol. The molecule has 0 amide bonds. The molecule has 0 aliphatic carbocycles. The van der Waals surface area contributed by atoms with Crippen LogP contribution in [-0.4, -0.2) is 22.2 Å². The number of rotatable bonds is 4. The predicted octanol–water partition coefficient (Wildman–Crippen LogP) is 2.25. The van der Waals surface area contributed by atoms with Crippen molar-refractivity contribution in [3.63, 3.8) is 0 Å². The molecule has 2 aromatic rings. The number of hydrogen-bond donors (Lipinski definition) is 2. The molecular formula is C15H18N2O2S. The van der Waals surface area contributed by atoms with Gasteiger partial charge >= 0.3 is 5.56 Å². The van der Waals surface area contributed by atoms with E-state index in [4.69, 9.17) is 0 Å². The summed E-state index contributed by atoms with van der Waals surface area (Å²) in [6.45, 7) is 4.09. The minimum atomic E-state index is -0.617. The number of aromatic nitrogens is 2. The second-order valence-electron chi connectivity index (χ2n) is 4.76. The lowest BCUT2D eigenvalue weighted by molar-refractivity contribution is 0.973. The Hall–Kier alpha value is -1.75. The van der Waals surface area contributed by atoms with E-state index in [1.165, 1.54) is 11.1 Å². The minimum Gasteiger partial charge on any atom is -0.305 e. The third-order valence-corrected chi connectivity index (χ3v) is 4.14. The molecule has 5 heteroatoms. The monoisotopic (exact) mass is 290 g/mol. The van der Waals surface area contributed by atoms with E-state index in [2.05, 4.69) is 23.4 Å². The number of H-pyrrole nitrogens is 2. The van der Waals surface area contributed by atoms with Gasteiger partial charge in [-0.3, -0.25) is 14.7 Å². The summed E-state index contributed by atoms with van der Waals surface area (Å²) in [6.07, 6.45) is 4.60. The predicted molar refractivity (Wildman–Crippen MR) is 84.7 cm³/mol. The van der Waals surface area contributed by atoms with Gasteiger partial charge in [-0.2, -0.15) is 11.8 Å². The Morgan fingerprint density at radius 2 is 1.90 bits per heavy atom. The largest absolute Gasteiger partial charge is 0.310 e. The highest BCUT2D eigenvalue weighted by Crippen LogP contribution is 2.26. The first-order valence-electron chi connectivity index (χ1n) is 6.45. The maximum Gasteiger partial charge on any atom is 0.310 e. The Labute approximate surface area is 121 Å². The summed E-state index contributed by atoms with van der Waals surface area (Å²) in [6, 6.07) is 3.93. The maximum atomic E-state index is 12.0. The van der Waals surface area contributed by atoms with E-state index in [9.17, 15) is 9.59 Å². The molecular weight excluding hydrogens is 272 g/mol. The molecule has 0 saturated carbocycles. The number of benzene rings is 1. The van der Waals surface area contributed by atoms with Crippen LogP contribution in [0.2, 0.25) is 0 Å². The van der Waals surface area contributed by atoms with Crippen LogP contribution in [-0.2, 0) is 6.42 Å². The molecule has 2 N–H and O–H groups in total. The van der Waals surface area contributed by atoms with E-state index >= 15 is 0 Å². The minimum absolute atomic E-state index is 0.427.